The third-order valence-electron chi connectivity index (χ3n) is 4.38. The second kappa shape index (κ2) is 6.78. The number of nitrogens with zero attached hydrogens (tertiary/aromatic N) is 4. The van der Waals surface area contributed by atoms with Crippen molar-refractivity contribution in [3.8, 4) is 5.75 Å². The van der Waals surface area contributed by atoms with Gasteiger partial charge in [0.2, 0.25) is 0 Å². The van der Waals surface area contributed by atoms with Crippen LogP contribution in [0.4, 0.5) is 5.69 Å². The predicted molar refractivity (Wildman–Crippen MR) is 90.2 cm³/mol. The minimum Gasteiger partial charge on any atom is -0.508 e. The van der Waals surface area contributed by atoms with Crippen molar-refractivity contribution in [1.82, 2.24) is 15.2 Å². The van der Waals surface area contributed by atoms with Gasteiger partial charge < -0.3 is 14.6 Å². The van der Waals surface area contributed by atoms with Crippen molar-refractivity contribution >= 4 is 17.3 Å². The number of ether oxygens (including phenoxy) is 2. The quantitative estimate of drug-likeness (QED) is 0.601. The molecule has 2 fully saturated rings. The number of hydrazone groups is 1. The lowest BCUT2D eigenvalue weighted by Gasteiger charge is -2.28. The van der Waals surface area contributed by atoms with Gasteiger partial charge in [-0.3, -0.25) is 19.6 Å². The summed E-state index contributed by atoms with van der Waals surface area (Å²) in [5.41, 5.74) is 2.99. The predicted octanol–water partition coefficient (Wildman–Crippen LogP) is 0.969. The van der Waals surface area contributed by atoms with Gasteiger partial charge in [-0.05, 0) is 18.2 Å². The fourth-order valence-corrected chi connectivity index (χ4v) is 3.04. The zero-order chi connectivity index (χ0) is 19.0. The maximum Gasteiger partial charge on any atom is 0.307 e. The van der Waals surface area contributed by atoms with Gasteiger partial charge in [0, 0.05) is 12.0 Å². The Morgan fingerprint density at radius 1 is 1.48 bits per heavy atom. The van der Waals surface area contributed by atoms with E-state index in [0.29, 0.717) is 18.7 Å². The lowest BCUT2D eigenvalue weighted by Crippen LogP contribution is -2.38. The molecule has 0 saturated carbocycles. The van der Waals surface area contributed by atoms with E-state index in [9.17, 15) is 20.0 Å². The van der Waals surface area contributed by atoms with Crippen LogP contribution in [-0.4, -0.2) is 50.4 Å². The second-order valence-corrected chi connectivity index (χ2v) is 6.14. The normalized spacial score (nSPS) is 25.5. The molecule has 27 heavy (non-hydrogen) atoms. The number of carbonyl (C=O) groups excluding carboxylic acids is 1. The minimum absolute atomic E-state index is 0.0291. The number of amides is 1. The number of benzene rings is 1. The van der Waals surface area contributed by atoms with Crippen LogP contribution in [0.5, 0.6) is 5.75 Å². The van der Waals surface area contributed by atoms with Crippen molar-refractivity contribution in [2.45, 2.75) is 24.9 Å². The number of carbonyl (C=O) groups is 1. The van der Waals surface area contributed by atoms with Gasteiger partial charge in [-0.1, -0.05) is 6.07 Å². The number of fused-ring (bicyclic) bond motifs is 2. The average Bonchev–Trinajstić information content (AvgIpc) is 3.30. The third-order valence-corrected chi connectivity index (χ3v) is 4.38. The lowest BCUT2D eigenvalue weighted by atomic mass is 10.0. The fourth-order valence-electron chi connectivity index (χ4n) is 3.04. The van der Waals surface area contributed by atoms with Gasteiger partial charge in [-0.2, -0.15) is 10.2 Å². The summed E-state index contributed by atoms with van der Waals surface area (Å²) in [5.74, 6) is -0.525. The van der Waals surface area contributed by atoms with E-state index in [4.69, 9.17) is 9.47 Å². The molecule has 2 aliphatic heterocycles. The molecule has 1 amide bonds. The van der Waals surface area contributed by atoms with Crippen LogP contribution < -0.4 is 5.43 Å². The van der Waals surface area contributed by atoms with E-state index in [0.717, 1.165) is 0 Å². The minimum atomic E-state index is -0.679. The number of hydrogen-bond acceptors (Lipinski definition) is 8. The van der Waals surface area contributed by atoms with Crippen LogP contribution in [-0.2, 0) is 9.47 Å². The maximum absolute atomic E-state index is 12.2. The maximum atomic E-state index is 12.2. The molecule has 2 aliphatic rings. The molecule has 2 N–H and O–H groups in total. The summed E-state index contributed by atoms with van der Waals surface area (Å²) in [6, 6.07) is 5.53. The molecule has 0 radical (unpaired) electrons. The summed E-state index contributed by atoms with van der Waals surface area (Å²) in [6.07, 6.45) is 1.86. The van der Waals surface area contributed by atoms with Crippen molar-refractivity contribution in [2.24, 2.45) is 5.10 Å². The molecule has 4 rings (SSSR count). The molecule has 3 heterocycles. The molecule has 2 saturated heterocycles. The van der Waals surface area contributed by atoms with Crippen molar-refractivity contribution in [1.29, 1.82) is 0 Å². The molecule has 1 aromatic heterocycles. The Labute approximate surface area is 152 Å². The molecule has 2 bridgehead atoms. The fraction of sp³-hybridized carbons (Fsp3) is 0.312. The molecule has 140 valence electrons. The summed E-state index contributed by atoms with van der Waals surface area (Å²) in [6.45, 7) is 0.294. The summed E-state index contributed by atoms with van der Waals surface area (Å²) in [5, 5.41) is 28.4. The van der Waals surface area contributed by atoms with Crippen LogP contribution in [0, 0.1) is 10.1 Å². The summed E-state index contributed by atoms with van der Waals surface area (Å²) >= 11 is 0. The number of hydrogen-bond donors (Lipinski definition) is 2. The Morgan fingerprint density at radius 3 is 3.07 bits per heavy atom. The number of phenols is 1. The van der Waals surface area contributed by atoms with Crippen molar-refractivity contribution in [3.63, 3.8) is 0 Å². The van der Waals surface area contributed by atoms with Crippen LogP contribution >= 0.6 is 0 Å². The van der Waals surface area contributed by atoms with Gasteiger partial charge in [0.1, 0.15) is 24.2 Å². The van der Waals surface area contributed by atoms with E-state index in [-0.39, 0.29) is 29.1 Å². The average molecular weight is 373 g/mol. The first kappa shape index (κ1) is 17.1. The number of aromatic hydroxyl groups is 1. The highest BCUT2D eigenvalue weighted by Gasteiger charge is 2.43. The smallest absolute Gasteiger partial charge is 0.307 e. The van der Waals surface area contributed by atoms with Gasteiger partial charge in [0.25, 0.3) is 5.91 Å². The summed E-state index contributed by atoms with van der Waals surface area (Å²) < 4.78 is 12.7. The summed E-state index contributed by atoms with van der Waals surface area (Å²) in [7, 11) is 0. The van der Waals surface area contributed by atoms with Crippen LogP contribution in [0.15, 0.2) is 41.8 Å². The number of rotatable bonds is 4. The lowest BCUT2D eigenvalue weighted by molar-refractivity contribution is -0.385. The number of nitro groups is 1. The number of phenolic OH excluding ortho intramolecular Hbond substituents is 1. The topological polar surface area (TPSA) is 141 Å². The highest BCUT2D eigenvalue weighted by atomic mass is 16.7. The van der Waals surface area contributed by atoms with Gasteiger partial charge in [-0.25, -0.2) is 5.43 Å². The number of aromatic nitrogens is 2. The first-order valence-corrected chi connectivity index (χ1v) is 8.12. The van der Waals surface area contributed by atoms with Crippen molar-refractivity contribution in [3.05, 3.63) is 52.3 Å². The number of nitrogens with one attached hydrogen (secondary N) is 1. The Morgan fingerprint density at radius 2 is 2.33 bits per heavy atom. The van der Waals surface area contributed by atoms with Gasteiger partial charge in [0.05, 0.1) is 23.3 Å². The van der Waals surface area contributed by atoms with Crippen molar-refractivity contribution < 1.29 is 24.3 Å². The van der Waals surface area contributed by atoms with Crippen LogP contribution in [0.2, 0.25) is 0 Å². The second-order valence-electron chi connectivity index (χ2n) is 6.14. The highest BCUT2D eigenvalue weighted by Crippen LogP contribution is 2.33. The van der Waals surface area contributed by atoms with E-state index >= 15 is 0 Å². The van der Waals surface area contributed by atoms with E-state index in [1.54, 1.807) is 12.1 Å². The first-order valence-electron chi connectivity index (χ1n) is 8.12. The molecule has 0 unspecified atom stereocenters. The molecular formula is C16H15N5O6. The van der Waals surface area contributed by atoms with Crippen LogP contribution in [0.1, 0.15) is 22.8 Å². The van der Waals surface area contributed by atoms with Gasteiger partial charge in [-0.15, -0.1) is 0 Å². The molecule has 0 spiro atoms. The standard InChI is InChI=1S/C16H15N5O6/c22-11-3-1-2-9(4-11)15(23)19-18-12-5-13(14-8-26-16(12)27-14)20-7-10(6-17-20)21(24)25/h1-4,6-7,13-14,16,22H,5,8H2,(H,19,23)/b18-12+/t13-,14-,16+/m1/s1. The highest BCUT2D eigenvalue weighted by molar-refractivity contribution is 5.96. The zero-order valence-electron chi connectivity index (χ0n) is 13.9. The van der Waals surface area contributed by atoms with Crippen LogP contribution in [0.25, 0.3) is 0 Å². The molecule has 3 atom stereocenters. The Kier molecular flexibility index (Phi) is 4.30. The molecule has 2 aromatic rings. The summed E-state index contributed by atoms with van der Waals surface area (Å²) in [4.78, 5) is 22.5. The molecular weight excluding hydrogens is 358 g/mol. The van der Waals surface area contributed by atoms with Crippen molar-refractivity contribution in [2.75, 3.05) is 6.61 Å². The van der Waals surface area contributed by atoms with Gasteiger partial charge >= 0.3 is 5.69 Å². The zero-order valence-corrected chi connectivity index (χ0v) is 13.9. The molecule has 11 heteroatoms. The van der Waals surface area contributed by atoms with E-state index in [1.165, 1.54) is 29.2 Å². The molecule has 1 aromatic carbocycles. The van der Waals surface area contributed by atoms with Gasteiger partial charge in [0.15, 0.2) is 6.29 Å². The third kappa shape index (κ3) is 3.37. The Bertz CT molecular complexity index is 926. The first-order chi connectivity index (χ1) is 13.0. The SMILES string of the molecule is O=C(N/N=C1\C[C@@H](n2cc([N+](=O)[O-])cn2)[C@H]2CO[C@H]1O2)c1cccc(O)c1. The van der Waals surface area contributed by atoms with E-state index in [2.05, 4.69) is 15.6 Å². The largest absolute Gasteiger partial charge is 0.508 e. The van der Waals surface area contributed by atoms with E-state index < -0.39 is 17.1 Å². The van der Waals surface area contributed by atoms with Crippen LogP contribution in [0.3, 0.4) is 0 Å². The Hall–Kier alpha value is -3.31. The Balaban J connectivity index is 1.51. The van der Waals surface area contributed by atoms with E-state index in [1.807, 2.05) is 0 Å². The molecule has 11 nitrogen and oxygen atoms in total. The monoisotopic (exact) mass is 373 g/mol. The molecule has 0 aliphatic carbocycles.